The van der Waals surface area contributed by atoms with Gasteiger partial charge in [0.25, 0.3) is 0 Å². The number of rotatable bonds is 3. The molecule has 2 aliphatic rings. The van der Waals surface area contributed by atoms with Crippen LogP contribution in [0.3, 0.4) is 0 Å². The molecular formula is C22H28BrCl2N2SiZr. The van der Waals surface area contributed by atoms with E-state index < -0.39 is 21.8 Å². The molecule has 1 N–H and O–H groups in total. The molecule has 0 bridgehead atoms. The Hall–Kier alpha value is 0.1000. The molecule has 0 fully saturated rings. The summed E-state index contributed by atoms with van der Waals surface area (Å²) in [5.74, 6) is -1.29. The zero-order valence-electron chi connectivity index (χ0n) is 17.8. The first kappa shape index (κ1) is 22.3. The van der Waals surface area contributed by atoms with Crippen LogP contribution in [0.2, 0.25) is 13.1 Å². The average Bonchev–Trinajstić information content (AvgIpc) is 3.07. The van der Waals surface area contributed by atoms with Gasteiger partial charge in [0.2, 0.25) is 0 Å². The van der Waals surface area contributed by atoms with E-state index in [9.17, 15) is 0 Å². The third-order valence-electron chi connectivity index (χ3n) is 6.17. The summed E-state index contributed by atoms with van der Waals surface area (Å²) in [5, 5.41) is 0. The first-order valence-corrected chi connectivity index (χ1v) is 26.8. The van der Waals surface area contributed by atoms with Gasteiger partial charge in [-0.05, 0) is 0 Å². The maximum absolute atomic E-state index is 7.80. The van der Waals surface area contributed by atoms with Gasteiger partial charge in [-0.1, -0.05) is 0 Å². The molecule has 0 amide bonds. The molecule has 155 valence electrons. The van der Waals surface area contributed by atoms with Gasteiger partial charge < -0.3 is 0 Å². The van der Waals surface area contributed by atoms with Crippen molar-refractivity contribution in [3.05, 3.63) is 69.3 Å². The van der Waals surface area contributed by atoms with Crippen LogP contribution in [0.4, 0.5) is 5.69 Å². The van der Waals surface area contributed by atoms with Gasteiger partial charge in [0.1, 0.15) is 0 Å². The average molecular weight is 591 g/mol. The molecule has 2 nitrogen and oxygen atoms in total. The molecule has 1 unspecified atom stereocenters. The van der Waals surface area contributed by atoms with Crippen LogP contribution in [0.15, 0.2) is 52.6 Å². The van der Waals surface area contributed by atoms with E-state index in [2.05, 4.69) is 107 Å². The fourth-order valence-corrected chi connectivity index (χ4v) is 30.0. The van der Waals surface area contributed by atoms with Crippen LogP contribution in [0.1, 0.15) is 43.4 Å². The number of halogens is 3. The van der Waals surface area contributed by atoms with E-state index in [1.165, 1.54) is 31.4 Å². The monoisotopic (exact) mass is 587 g/mol. The third-order valence-corrected chi connectivity index (χ3v) is 51.6. The van der Waals surface area contributed by atoms with E-state index in [4.69, 9.17) is 17.0 Å². The molecule has 4 rings (SSSR count). The Kier molecular flexibility index (Phi) is 5.42. The number of fused-ring (bicyclic) bond motifs is 5. The Morgan fingerprint density at radius 3 is 2.34 bits per heavy atom. The van der Waals surface area contributed by atoms with Crippen LogP contribution >= 0.6 is 33.0 Å². The molecule has 2 aromatic carbocycles. The SMILES string of the molecule is CN1C2=[C]([Zr]([Cl])([Cl])([NH]C(C)(C)C)[SiH](C)C)c3cc(Br)ccc3C2c2ccccc21. The normalized spacial score (nSPS) is 19.9. The number of hydrogen-bond acceptors (Lipinski definition) is 2. The summed E-state index contributed by atoms with van der Waals surface area (Å²) in [6.45, 7) is 11.1. The summed E-state index contributed by atoms with van der Waals surface area (Å²) in [6, 6.07) is 15.3. The number of nitrogens with zero attached hydrogens (tertiary/aromatic N) is 1. The van der Waals surface area contributed by atoms with Crippen molar-refractivity contribution in [1.82, 2.24) is 3.26 Å². The van der Waals surface area contributed by atoms with Gasteiger partial charge in [-0.3, -0.25) is 0 Å². The van der Waals surface area contributed by atoms with Crippen LogP contribution in [0.5, 0.6) is 0 Å². The number of anilines is 1. The third kappa shape index (κ3) is 3.39. The minimum absolute atomic E-state index is 0.159. The maximum atomic E-state index is 7.80. The second-order valence-corrected chi connectivity index (χ2v) is 50.1. The molecule has 1 aliphatic heterocycles. The Morgan fingerprint density at radius 2 is 1.72 bits per heavy atom. The van der Waals surface area contributed by atoms with Gasteiger partial charge >= 0.3 is 194 Å². The molecule has 29 heavy (non-hydrogen) atoms. The van der Waals surface area contributed by atoms with Gasteiger partial charge in [-0.25, -0.2) is 0 Å². The van der Waals surface area contributed by atoms with Crippen molar-refractivity contribution in [2.75, 3.05) is 11.9 Å². The van der Waals surface area contributed by atoms with Crippen molar-refractivity contribution in [3.8, 4) is 0 Å². The van der Waals surface area contributed by atoms with Gasteiger partial charge in [0, 0.05) is 0 Å². The second-order valence-electron chi connectivity index (χ2n) is 9.65. The van der Waals surface area contributed by atoms with Crippen LogP contribution in [-0.2, 0) is 15.8 Å². The van der Waals surface area contributed by atoms with Crippen LogP contribution in [0.25, 0.3) is 3.28 Å². The molecular weight excluding hydrogens is 562 g/mol. The fraction of sp³-hybridized carbons (Fsp3) is 0.364. The molecule has 0 saturated heterocycles. The summed E-state index contributed by atoms with van der Waals surface area (Å²) < 4.78 is 6.17. The number of hydrogen-bond donors (Lipinski definition) is 1. The number of likely N-dealkylation sites (N-methyl/N-ethyl adjacent to an activating group) is 1. The van der Waals surface area contributed by atoms with E-state index in [0.717, 1.165) is 4.47 Å². The van der Waals surface area contributed by atoms with E-state index in [1.54, 1.807) is 0 Å². The van der Waals surface area contributed by atoms with Crippen molar-refractivity contribution >= 4 is 47.8 Å². The molecule has 2 aromatic rings. The summed E-state index contributed by atoms with van der Waals surface area (Å²) in [7, 11) is 17.8. The molecule has 1 heterocycles. The standard InChI is InChI=1S/C16H11BrN.C4H10N.C2H7Si.2ClH.Zr/c1-18-14-5-3-2-4-13(14)16-12-7-6-11(17)8-10(12)9-15(16)18;1-4(2,3)5;1-3-2;;;/h2-8,16H,1H3;5H,1-3H3;3H,1-2H3;2*1H;/q;-1;;;;+3/p-2. The topological polar surface area (TPSA) is 15.3 Å². The van der Waals surface area contributed by atoms with Crippen molar-refractivity contribution in [2.45, 2.75) is 45.3 Å². The number of nitrogens with one attached hydrogen (secondary N) is 1. The van der Waals surface area contributed by atoms with Crippen LogP contribution in [-0.4, -0.2) is 18.5 Å². The van der Waals surface area contributed by atoms with Gasteiger partial charge in [-0.2, -0.15) is 0 Å². The summed E-state index contributed by atoms with van der Waals surface area (Å²) in [6.07, 6.45) is 0. The number of allylic oxidation sites excluding steroid dienone is 1. The fourth-order valence-electron chi connectivity index (χ4n) is 4.93. The summed E-state index contributed by atoms with van der Waals surface area (Å²) in [5.41, 5.74) is 6.28. The van der Waals surface area contributed by atoms with E-state index >= 15 is 0 Å². The molecule has 7 heteroatoms. The Morgan fingerprint density at radius 1 is 1.07 bits per heavy atom. The van der Waals surface area contributed by atoms with Gasteiger partial charge in [0.15, 0.2) is 0 Å². The zero-order chi connectivity index (χ0) is 21.4. The van der Waals surface area contributed by atoms with E-state index in [1.807, 2.05) is 0 Å². The van der Waals surface area contributed by atoms with Crippen molar-refractivity contribution in [3.63, 3.8) is 0 Å². The predicted octanol–water partition coefficient (Wildman–Crippen LogP) is 7.00. The molecule has 0 aromatic heterocycles. The first-order chi connectivity index (χ1) is 13.3. The Balaban J connectivity index is 2.10. The predicted molar refractivity (Wildman–Crippen MR) is 131 cm³/mol. The Bertz CT molecular complexity index is 1050. The van der Waals surface area contributed by atoms with Crippen molar-refractivity contribution < 1.29 is 15.8 Å². The summed E-state index contributed by atoms with van der Waals surface area (Å²) in [4.78, 5) is 2.34. The second kappa shape index (κ2) is 7.05. The van der Waals surface area contributed by atoms with Crippen molar-refractivity contribution in [2.24, 2.45) is 0 Å². The molecule has 0 spiro atoms. The molecule has 0 radical (unpaired) electrons. The quantitative estimate of drug-likeness (QED) is 0.388. The first-order valence-electron chi connectivity index (χ1n) is 10.1. The Labute approximate surface area is 192 Å². The van der Waals surface area contributed by atoms with Crippen LogP contribution in [0, 0.1) is 0 Å². The number of para-hydroxylation sites is 1. The van der Waals surface area contributed by atoms with Gasteiger partial charge in [-0.15, -0.1) is 0 Å². The summed E-state index contributed by atoms with van der Waals surface area (Å²) >= 11 is -0.870. The van der Waals surface area contributed by atoms with E-state index in [0.29, 0.717) is 0 Å². The van der Waals surface area contributed by atoms with E-state index in [-0.39, 0.29) is 11.5 Å². The van der Waals surface area contributed by atoms with Crippen molar-refractivity contribution in [1.29, 1.82) is 0 Å². The number of benzene rings is 2. The minimum atomic E-state index is -4.56. The molecule has 1 atom stereocenters. The van der Waals surface area contributed by atoms with Gasteiger partial charge in [0.05, 0.1) is 0 Å². The zero-order valence-corrected chi connectivity index (χ0v) is 24.5. The molecule has 0 saturated carbocycles. The molecule has 1 aliphatic carbocycles. The van der Waals surface area contributed by atoms with Crippen LogP contribution < -0.4 is 8.16 Å².